The van der Waals surface area contributed by atoms with E-state index in [0.717, 1.165) is 12.3 Å². The Kier molecular flexibility index (Phi) is 6.71. The van der Waals surface area contributed by atoms with Crippen molar-refractivity contribution in [3.8, 4) is 11.5 Å². The Morgan fingerprint density at radius 2 is 1.92 bits per heavy atom. The van der Waals surface area contributed by atoms with Crippen LogP contribution in [0.5, 0.6) is 11.5 Å². The van der Waals surface area contributed by atoms with Gasteiger partial charge in [-0.25, -0.2) is 0 Å². The number of para-hydroxylation sites is 2. The molecule has 0 unspecified atom stereocenters. The number of methoxy groups -OCH3 is 1. The van der Waals surface area contributed by atoms with Gasteiger partial charge in [-0.15, -0.1) is 11.3 Å². The van der Waals surface area contributed by atoms with E-state index < -0.39 is 6.10 Å². The number of aliphatic hydroxyl groups is 1. The number of hydrogen-bond acceptors (Lipinski definition) is 6. The van der Waals surface area contributed by atoms with Gasteiger partial charge in [-0.3, -0.25) is 4.90 Å². The van der Waals surface area contributed by atoms with Gasteiger partial charge < -0.3 is 19.0 Å². The summed E-state index contributed by atoms with van der Waals surface area (Å²) in [5, 5.41) is 12.5. The highest BCUT2D eigenvalue weighted by Gasteiger charge is 2.16. The van der Waals surface area contributed by atoms with Crippen LogP contribution in [0.25, 0.3) is 0 Å². The highest BCUT2D eigenvalue weighted by atomic mass is 32.1. The van der Waals surface area contributed by atoms with Gasteiger partial charge in [0, 0.05) is 18.0 Å². The van der Waals surface area contributed by atoms with Crippen molar-refractivity contribution in [2.45, 2.75) is 19.2 Å². The predicted molar refractivity (Wildman–Crippen MR) is 102 cm³/mol. The average Bonchev–Trinajstić information content (AvgIpc) is 3.34. The lowest BCUT2D eigenvalue weighted by Gasteiger charge is -2.24. The van der Waals surface area contributed by atoms with E-state index in [0.29, 0.717) is 24.6 Å². The third kappa shape index (κ3) is 5.36. The monoisotopic (exact) mass is 373 g/mol. The molecule has 2 heterocycles. The lowest BCUT2D eigenvalue weighted by molar-refractivity contribution is 0.0599. The first-order chi connectivity index (χ1) is 12.7. The molecule has 0 saturated heterocycles. The van der Waals surface area contributed by atoms with Crippen molar-refractivity contribution in [1.82, 2.24) is 4.90 Å². The van der Waals surface area contributed by atoms with E-state index in [4.69, 9.17) is 13.9 Å². The highest BCUT2D eigenvalue weighted by Crippen LogP contribution is 2.26. The number of aliphatic hydroxyl groups excluding tert-OH is 1. The zero-order valence-electron chi connectivity index (χ0n) is 14.7. The molecule has 3 aromatic rings. The molecule has 0 bridgehead atoms. The first-order valence-electron chi connectivity index (χ1n) is 8.45. The number of nitrogens with zero attached hydrogens (tertiary/aromatic N) is 1. The van der Waals surface area contributed by atoms with Crippen LogP contribution in [-0.2, 0) is 13.1 Å². The van der Waals surface area contributed by atoms with Crippen LogP contribution in [0.3, 0.4) is 0 Å². The van der Waals surface area contributed by atoms with Gasteiger partial charge >= 0.3 is 0 Å². The zero-order valence-corrected chi connectivity index (χ0v) is 15.5. The quantitative estimate of drug-likeness (QED) is 0.586. The Bertz CT molecular complexity index is 722. The van der Waals surface area contributed by atoms with Crippen molar-refractivity contribution in [2.24, 2.45) is 0 Å². The van der Waals surface area contributed by atoms with Crippen molar-refractivity contribution >= 4 is 11.3 Å². The van der Waals surface area contributed by atoms with Gasteiger partial charge in [0.25, 0.3) is 0 Å². The summed E-state index contributed by atoms with van der Waals surface area (Å²) in [5.41, 5.74) is 0. The molecule has 26 heavy (non-hydrogen) atoms. The molecule has 0 aliphatic carbocycles. The summed E-state index contributed by atoms with van der Waals surface area (Å²) in [4.78, 5) is 3.40. The number of rotatable bonds is 10. The van der Waals surface area contributed by atoms with Crippen molar-refractivity contribution in [3.63, 3.8) is 0 Å². The Morgan fingerprint density at radius 3 is 2.62 bits per heavy atom. The SMILES string of the molecule is COc1ccccc1OC[C@H](O)CN(Cc1ccco1)Cc1cccs1. The van der Waals surface area contributed by atoms with Crippen LogP contribution in [0.1, 0.15) is 10.6 Å². The van der Waals surface area contributed by atoms with Gasteiger partial charge in [-0.05, 0) is 35.7 Å². The number of thiophene rings is 1. The lowest BCUT2D eigenvalue weighted by Crippen LogP contribution is -2.34. The third-order valence-corrected chi connectivity index (χ3v) is 4.75. The molecule has 0 saturated carbocycles. The molecule has 0 radical (unpaired) electrons. The van der Waals surface area contributed by atoms with Crippen LogP contribution in [0.4, 0.5) is 0 Å². The number of furan rings is 1. The van der Waals surface area contributed by atoms with Crippen LogP contribution >= 0.6 is 11.3 Å². The molecule has 1 atom stereocenters. The standard InChI is InChI=1S/C20H23NO4S/c1-23-19-8-2-3-9-20(19)25-15-16(22)12-21(13-17-6-4-10-24-17)14-18-7-5-11-26-18/h2-11,16,22H,12-15H2,1H3/t16-/m1/s1. The Morgan fingerprint density at radius 1 is 1.08 bits per heavy atom. The molecule has 0 amide bonds. The van der Waals surface area contributed by atoms with Gasteiger partial charge in [0.1, 0.15) is 18.5 Å². The Hall–Kier alpha value is -2.28. The minimum atomic E-state index is -0.630. The number of hydrogen-bond donors (Lipinski definition) is 1. The van der Waals surface area contributed by atoms with Crippen LogP contribution in [0, 0.1) is 0 Å². The van der Waals surface area contributed by atoms with E-state index in [9.17, 15) is 5.11 Å². The lowest BCUT2D eigenvalue weighted by atomic mass is 10.3. The summed E-state index contributed by atoms with van der Waals surface area (Å²) in [6.07, 6.45) is 1.04. The zero-order chi connectivity index (χ0) is 18.2. The van der Waals surface area contributed by atoms with Gasteiger partial charge in [0.2, 0.25) is 0 Å². The molecule has 0 aliphatic heterocycles. The van der Waals surface area contributed by atoms with Gasteiger partial charge in [-0.2, -0.15) is 0 Å². The van der Waals surface area contributed by atoms with Gasteiger partial charge in [-0.1, -0.05) is 18.2 Å². The molecule has 2 aromatic heterocycles. The smallest absolute Gasteiger partial charge is 0.161 e. The molecule has 1 aromatic carbocycles. The van der Waals surface area contributed by atoms with Crippen molar-refractivity contribution < 1.29 is 19.0 Å². The fourth-order valence-corrected chi connectivity index (χ4v) is 3.45. The molecule has 3 rings (SSSR count). The number of ether oxygens (including phenoxy) is 2. The van der Waals surface area contributed by atoms with Crippen molar-refractivity contribution in [3.05, 3.63) is 70.8 Å². The summed E-state index contributed by atoms with van der Waals surface area (Å²) < 4.78 is 16.5. The molecule has 6 heteroatoms. The maximum atomic E-state index is 10.5. The fourth-order valence-electron chi connectivity index (χ4n) is 2.71. The Balaban J connectivity index is 1.58. The largest absolute Gasteiger partial charge is 0.493 e. The summed E-state index contributed by atoms with van der Waals surface area (Å²) in [6.45, 7) is 2.06. The summed E-state index contributed by atoms with van der Waals surface area (Å²) in [7, 11) is 1.60. The van der Waals surface area contributed by atoms with Crippen LogP contribution < -0.4 is 9.47 Å². The van der Waals surface area contributed by atoms with E-state index in [1.807, 2.05) is 42.5 Å². The summed E-state index contributed by atoms with van der Waals surface area (Å²) >= 11 is 1.70. The second-order valence-electron chi connectivity index (χ2n) is 5.94. The molecule has 138 valence electrons. The van der Waals surface area contributed by atoms with Crippen molar-refractivity contribution in [2.75, 3.05) is 20.3 Å². The molecule has 0 spiro atoms. The minimum Gasteiger partial charge on any atom is -0.493 e. The average molecular weight is 373 g/mol. The third-order valence-electron chi connectivity index (χ3n) is 3.89. The van der Waals surface area contributed by atoms with Gasteiger partial charge in [0.05, 0.1) is 19.9 Å². The van der Waals surface area contributed by atoms with Crippen LogP contribution in [0.15, 0.2) is 64.6 Å². The Labute approximate surface area is 157 Å². The number of benzene rings is 1. The van der Waals surface area contributed by atoms with Crippen molar-refractivity contribution in [1.29, 1.82) is 0 Å². The molecular weight excluding hydrogens is 350 g/mol. The normalized spacial score (nSPS) is 12.3. The summed E-state index contributed by atoms with van der Waals surface area (Å²) in [6, 6.07) is 15.4. The van der Waals surface area contributed by atoms with E-state index in [-0.39, 0.29) is 6.61 Å². The maximum absolute atomic E-state index is 10.5. The molecule has 0 aliphatic rings. The topological polar surface area (TPSA) is 55.1 Å². The molecule has 5 nitrogen and oxygen atoms in total. The van der Waals surface area contributed by atoms with E-state index in [1.54, 1.807) is 24.7 Å². The molecule has 0 fully saturated rings. The molecular formula is C20H23NO4S. The summed E-state index contributed by atoms with van der Waals surface area (Å²) in [5.74, 6) is 2.16. The second-order valence-corrected chi connectivity index (χ2v) is 6.98. The highest BCUT2D eigenvalue weighted by molar-refractivity contribution is 7.09. The second kappa shape index (κ2) is 9.43. The first-order valence-corrected chi connectivity index (χ1v) is 9.33. The molecule has 1 N–H and O–H groups in total. The van der Waals surface area contributed by atoms with E-state index in [1.165, 1.54) is 4.88 Å². The maximum Gasteiger partial charge on any atom is 0.161 e. The predicted octanol–water partition coefficient (Wildman–Crippen LogP) is 3.79. The van der Waals surface area contributed by atoms with E-state index >= 15 is 0 Å². The fraction of sp³-hybridized carbons (Fsp3) is 0.300. The van der Waals surface area contributed by atoms with Crippen LogP contribution in [0.2, 0.25) is 0 Å². The van der Waals surface area contributed by atoms with Crippen LogP contribution in [-0.4, -0.2) is 36.4 Å². The first kappa shape index (κ1) is 18.5. The minimum absolute atomic E-state index is 0.194. The van der Waals surface area contributed by atoms with Gasteiger partial charge in [0.15, 0.2) is 11.5 Å². The van der Waals surface area contributed by atoms with E-state index in [2.05, 4.69) is 16.3 Å².